The molecule has 0 aliphatic rings. The first-order valence-corrected chi connectivity index (χ1v) is 20.3. The van der Waals surface area contributed by atoms with E-state index in [9.17, 15) is 0 Å². The summed E-state index contributed by atoms with van der Waals surface area (Å²) < 4.78 is 4.77. The third-order valence-electron chi connectivity index (χ3n) is 12.1. The smallest absolute Gasteiger partial charge is 0.0547 e. The van der Waals surface area contributed by atoms with E-state index in [1.54, 1.807) is 0 Å². The van der Waals surface area contributed by atoms with Gasteiger partial charge in [0.25, 0.3) is 0 Å². The van der Waals surface area contributed by atoms with Crippen LogP contribution in [0.1, 0.15) is 0 Å². The molecule has 59 heavy (non-hydrogen) atoms. The third kappa shape index (κ3) is 5.29. The Balaban J connectivity index is 1.01. The number of para-hydroxylation sites is 4. The van der Waals surface area contributed by atoms with Crippen LogP contribution in [0.15, 0.2) is 224 Å². The van der Waals surface area contributed by atoms with Crippen molar-refractivity contribution in [2.24, 2.45) is 0 Å². The van der Waals surface area contributed by atoms with Crippen LogP contribution in [0.2, 0.25) is 0 Å². The van der Waals surface area contributed by atoms with Crippen molar-refractivity contribution >= 4 is 82.2 Å². The minimum Gasteiger partial charge on any atom is -0.310 e. The molecule has 0 saturated heterocycles. The van der Waals surface area contributed by atoms with Crippen LogP contribution in [0.25, 0.3) is 87.7 Å². The first-order valence-electron chi connectivity index (χ1n) is 20.3. The number of fused-ring (bicyclic) bond motifs is 9. The molecule has 0 amide bonds. The number of nitrogens with zero attached hydrogens (tertiary/aromatic N) is 3. The first kappa shape index (κ1) is 33.3. The Morgan fingerprint density at radius 2 is 0.763 bits per heavy atom. The maximum absolute atomic E-state index is 2.39. The van der Waals surface area contributed by atoms with E-state index in [4.69, 9.17) is 0 Å². The average Bonchev–Trinajstić information content (AvgIpc) is 3.83. The van der Waals surface area contributed by atoms with Crippen LogP contribution < -0.4 is 4.90 Å². The van der Waals surface area contributed by atoms with Crippen molar-refractivity contribution in [3.8, 4) is 22.5 Å². The Labute approximate surface area is 341 Å². The van der Waals surface area contributed by atoms with Gasteiger partial charge in [-0.2, -0.15) is 0 Å². The second-order valence-electron chi connectivity index (χ2n) is 15.3. The van der Waals surface area contributed by atoms with E-state index in [0.717, 1.165) is 28.4 Å². The third-order valence-corrected chi connectivity index (χ3v) is 12.1. The Morgan fingerprint density at radius 1 is 0.288 bits per heavy atom. The molecular weight excluding hydrogens is 715 g/mol. The van der Waals surface area contributed by atoms with Gasteiger partial charge in [-0.05, 0) is 118 Å². The zero-order valence-corrected chi connectivity index (χ0v) is 32.2. The molecule has 0 atom stereocenters. The molecule has 0 aliphatic carbocycles. The second kappa shape index (κ2) is 13.4. The van der Waals surface area contributed by atoms with Gasteiger partial charge in [0.15, 0.2) is 0 Å². The molecule has 0 aliphatic heterocycles. The zero-order valence-electron chi connectivity index (χ0n) is 32.2. The lowest BCUT2D eigenvalue weighted by atomic mass is 9.98. The summed E-state index contributed by atoms with van der Waals surface area (Å²) in [6.07, 6.45) is 0. The van der Waals surface area contributed by atoms with Crippen molar-refractivity contribution in [2.75, 3.05) is 4.90 Å². The molecule has 2 heterocycles. The van der Waals surface area contributed by atoms with E-state index < -0.39 is 0 Å². The van der Waals surface area contributed by atoms with Gasteiger partial charge < -0.3 is 14.0 Å². The number of aromatic nitrogens is 2. The minimum absolute atomic E-state index is 1.09. The van der Waals surface area contributed by atoms with Gasteiger partial charge in [-0.15, -0.1) is 0 Å². The van der Waals surface area contributed by atoms with Crippen LogP contribution in [0, 0.1) is 0 Å². The Bertz CT molecular complexity index is 3480. The Morgan fingerprint density at radius 3 is 1.46 bits per heavy atom. The summed E-state index contributed by atoms with van der Waals surface area (Å²) in [7, 11) is 0. The predicted molar refractivity (Wildman–Crippen MR) is 250 cm³/mol. The normalized spacial score (nSPS) is 11.7. The van der Waals surface area contributed by atoms with E-state index in [2.05, 4.69) is 238 Å². The van der Waals surface area contributed by atoms with Crippen LogP contribution in [0.3, 0.4) is 0 Å². The molecule has 0 fully saturated rings. The molecular formula is C56H37N3. The molecule has 0 saturated carbocycles. The van der Waals surface area contributed by atoms with Crippen molar-refractivity contribution in [1.82, 2.24) is 9.13 Å². The highest BCUT2D eigenvalue weighted by atomic mass is 15.1. The van der Waals surface area contributed by atoms with Gasteiger partial charge in [-0.1, -0.05) is 140 Å². The fourth-order valence-corrected chi connectivity index (χ4v) is 9.43. The number of benzene rings is 10. The van der Waals surface area contributed by atoms with E-state index in [-0.39, 0.29) is 0 Å². The van der Waals surface area contributed by atoms with Crippen LogP contribution in [0.5, 0.6) is 0 Å². The molecule has 276 valence electrons. The Kier molecular flexibility index (Phi) is 7.54. The summed E-state index contributed by atoms with van der Waals surface area (Å²) in [5.74, 6) is 0. The van der Waals surface area contributed by atoms with Gasteiger partial charge >= 0.3 is 0 Å². The van der Waals surface area contributed by atoms with Gasteiger partial charge in [0.1, 0.15) is 0 Å². The van der Waals surface area contributed by atoms with Crippen molar-refractivity contribution < 1.29 is 0 Å². The molecule has 0 spiro atoms. The van der Waals surface area contributed by atoms with E-state index in [0.29, 0.717) is 0 Å². The van der Waals surface area contributed by atoms with Crippen LogP contribution in [-0.2, 0) is 0 Å². The highest BCUT2D eigenvalue weighted by molar-refractivity contribution is 6.16. The number of rotatable bonds is 6. The fourth-order valence-electron chi connectivity index (χ4n) is 9.43. The summed E-state index contributed by atoms with van der Waals surface area (Å²) in [6.45, 7) is 0. The van der Waals surface area contributed by atoms with Crippen LogP contribution in [-0.4, -0.2) is 9.13 Å². The van der Waals surface area contributed by atoms with Gasteiger partial charge in [0.2, 0.25) is 0 Å². The van der Waals surface area contributed by atoms with E-state index in [1.807, 2.05) is 0 Å². The molecule has 0 unspecified atom stereocenters. The minimum atomic E-state index is 1.09. The molecule has 3 heteroatoms. The summed E-state index contributed by atoms with van der Waals surface area (Å²) in [6, 6.07) is 81.7. The molecule has 0 bridgehead atoms. The maximum atomic E-state index is 2.39. The predicted octanol–water partition coefficient (Wildman–Crippen LogP) is 15.3. The second-order valence-corrected chi connectivity index (χ2v) is 15.3. The highest BCUT2D eigenvalue weighted by Gasteiger charge is 2.19. The fraction of sp³-hybridized carbons (Fsp3) is 0. The lowest BCUT2D eigenvalue weighted by Crippen LogP contribution is -2.10. The van der Waals surface area contributed by atoms with Crippen molar-refractivity contribution in [1.29, 1.82) is 0 Å². The molecule has 3 nitrogen and oxygen atoms in total. The lowest BCUT2D eigenvalue weighted by molar-refractivity contribution is 1.17. The van der Waals surface area contributed by atoms with Gasteiger partial charge in [0.05, 0.1) is 22.1 Å². The highest BCUT2D eigenvalue weighted by Crippen LogP contribution is 2.42. The molecule has 0 N–H and O–H groups in total. The monoisotopic (exact) mass is 751 g/mol. The van der Waals surface area contributed by atoms with Crippen LogP contribution in [0.4, 0.5) is 17.1 Å². The first-order chi connectivity index (χ1) is 29.3. The number of hydrogen-bond donors (Lipinski definition) is 0. The molecule has 10 aromatic carbocycles. The molecule has 12 rings (SSSR count). The number of anilines is 3. The van der Waals surface area contributed by atoms with Crippen molar-refractivity contribution in [2.45, 2.75) is 0 Å². The number of hydrogen-bond acceptors (Lipinski definition) is 1. The SMILES string of the molecule is c1ccc(-n2c3ccccc3c3c(-c4ccc(N(c5ccc(-n6c7ccccc7c7ccccc76)cc5)c5ccc6ccc7ccccc7c6c5)cc4)cccc32)cc1. The van der Waals surface area contributed by atoms with Crippen molar-refractivity contribution in [3.63, 3.8) is 0 Å². The summed E-state index contributed by atoms with van der Waals surface area (Å²) >= 11 is 0. The largest absolute Gasteiger partial charge is 0.310 e. The summed E-state index contributed by atoms with van der Waals surface area (Å²) in [5.41, 5.74) is 12.8. The van der Waals surface area contributed by atoms with Crippen LogP contribution >= 0.6 is 0 Å². The van der Waals surface area contributed by atoms with Crippen molar-refractivity contribution in [3.05, 3.63) is 224 Å². The average molecular weight is 752 g/mol. The molecule has 12 aromatic rings. The van der Waals surface area contributed by atoms with Gasteiger partial charge in [-0.3, -0.25) is 0 Å². The Hall–Kier alpha value is -7.88. The lowest BCUT2D eigenvalue weighted by Gasteiger charge is -2.26. The van der Waals surface area contributed by atoms with Gasteiger partial charge in [0, 0.05) is 50.0 Å². The molecule has 0 radical (unpaired) electrons. The maximum Gasteiger partial charge on any atom is 0.0547 e. The van der Waals surface area contributed by atoms with E-state index in [1.165, 1.54) is 76.3 Å². The van der Waals surface area contributed by atoms with E-state index >= 15 is 0 Å². The van der Waals surface area contributed by atoms with Gasteiger partial charge in [-0.25, -0.2) is 0 Å². The summed E-state index contributed by atoms with van der Waals surface area (Å²) in [4.78, 5) is 2.39. The topological polar surface area (TPSA) is 13.1 Å². The zero-order chi connectivity index (χ0) is 38.9. The summed E-state index contributed by atoms with van der Waals surface area (Å²) in [5, 5.41) is 10.0. The standard InChI is InChI=1S/C56H37N3/c1-2-14-41(15-3-1)59-54-23-11-8-19-50(54)56-47(20-12-24-55(56)59)39-27-30-42(31-28-39)57(45-32-29-40-26-25-38-13-4-5-16-46(38)51(40)37-45)43-33-35-44(36-34-43)58-52-21-9-6-17-48(52)49-18-7-10-22-53(49)58/h1-37H. The molecule has 2 aromatic heterocycles. The quantitative estimate of drug-likeness (QED) is 0.154.